The summed E-state index contributed by atoms with van der Waals surface area (Å²) in [5, 5.41) is 4.16. The number of aromatic nitrogens is 2. The molecule has 3 aromatic rings. The van der Waals surface area contributed by atoms with Gasteiger partial charge in [-0.15, -0.1) is 0 Å². The van der Waals surface area contributed by atoms with E-state index in [1.165, 1.54) is 0 Å². The number of nitrogens with one attached hydrogen (secondary N) is 1. The molecule has 2 aromatic heterocycles. The zero-order valence-electron chi connectivity index (χ0n) is 14.0. The molecule has 1 amide bonds. The van der Waals surface area contributed by atoms with Crippen LogP contribution in [-0.2, 0) is 24.3 Å². The monoisotopic (exact) mass is 323 g/mol. The van der Waals surface area contributed by atoms with Crippen molar-refractivity contribution in [1.82, 2.24) is 14.9 Å². The number of hydrogen-bond acceptors (Lipinski definition) is 3. The van der Waals surface area contributed by atoms with Crippen LogP contribution in [0.25, 0.3) is 11.0 Å². The van der Waals surface area contributed by atoms with E-state index in [1.807, 2.05) is 44.3 Å². The Bertz CT molecular complexity index is 907. The normalized spacial score (nSPS) is 17.0. The van der Waals surface area contributed by atoms with Gasteiger partial charge in [0.25, 0.3) is 0 Å². The molecule has 1 atom stereocenters. The number of hydrogen-bond donors (Lipinski definition) is 1. The number of nitrogens with zero attached hydrogens (tertiary/aromatic N) is 2. The average molecular weight is 323 g/mol. The van der Waals surface area contributed by atoms with Crippen molar-refractivity contribution in [3.63, 3.8) is 0 Å². The number of imidazole rings is 1. The molecule has 0 bridgehead atoms. The molecule has 1 aliphatic rings. The summed E-state index contributed by atoms with van der Waals surface area (Å²) in [6, 6.07) is 7.96. The molecule has 1 N–H and O–H groups in total. The third-order valence-electron chi connectivity index (χ3n) is 5.03. The van der Waals surface area contributed by atoms with E-state index in [1.54, 1.807) is 0 Å². The van der Waals surface area contributed by atoms with Gasteiger partial charge in [0, 0.05) is 41.7 Å². The third kappa shape index (κ3) is 2.50. The van der Waals surface area contributed by atoms with Crippen molar-refractivity contribution in [3.05, 3.63) is 53.3 Å². The van der Waals surface area contributed by atoms with Crippen LogP contribution in [0.5, 0.6) is 0 Å². The number of carbonyl (C=O) groups is 1. The zero-order chi connectivity index (χ0) is 16.7. The predicted octanol–water partition coefficient (Wildman–Crippen LogP) is 3.12. The zero-order valence-corrected chi connectivity index (χ0v) is 14.0. The second kappa shape index (κ2) is 5.82. The second-order valence-corrected chi connectivity index (χ2v) is 6.50. The van der Waals surface area contributed by atoms with Crippen LogP contribution >= 0.6 is 0 Å². The number of fused-ring (bicyclic) bond motifs is 2. The van der Waals surface area contributed by atoms with Crippen molar-refractivity contribution in [1.29, 1.82) is 0 Å². The lowest BCUT2D eigenvalue weighted by Gasteiger charge is -2.23. The Hall–Kier alpha value is -2.56. The van der Waals surface area contributed by atoms with Gasteiger partial charge in [-0.2, -0.15) is 0 Å². The first kappa shape index (κ1) is 15.0. The van der Waals surface area contributed by atoms with Gasteiger partial charge in [-0.25, -0.2) is 4.98 Å². The van der Waals surface area contributed by atoms with Crippen LogP contribution in [0.4, 0.5) is 0 Å². The van der Waals surface area contributed by atoms with E-state index in [4.69, 9.17) is 4.42 Å². The fraction of sp³-hybridized carbons (Fsp3) is 0.368. The van der Waals surface area contributed by atoms with Crippen LogP contribution in [-0.4, -0.2) is 15.5 Å². The summed E-state index contributed by atoms with van der Waals surface area (Å²) in [5.74, 6) is 1.97. The molecule has 5 nitrogen and oxygen atoms in total. The van der Waals surface area contributed by atoms with Gasteiger partial charge in [0.1, 0.15) is 17.2 Å². The fourth-order valence-electron chi connectivity index (χ4n) is 3.55. The highest BCUT2D eigenvalue weighted by molar-refractivity contribution is 5.82. The highest BCUT2D eigenvalue weighted by Crippen LogP contribution is 2.25. The first-order valence-electron chi connectivity index (χ1n) is 8.39. The van der Waals surface area contributed by atoms with Gasteiger partial charge >= 0.3 is 0 Å². The summed E-state index contributed by atoms with van der Waals surface area (Å²) >= 11 is 0. The van der Waals surface area contributed by atoms with Gasteiger partial charge in [-0.1, -0.05) is 18.2 Å². The second-order valence-electron chi connectivity index (χ2n) is 6.50. The molecule has 0 saturated carbocycles. The SMILES string of the molecule is Cc1c(CNC(=O)C2CCn3c(cnc3C)C2)oc2ccccc12. The number of aryl methyl sites for hydroxylation is 2. The van der Waals surface area contributed by atoms with Crippen molar-refractivity contribution in [2.75, 3.05) is 0 Å². The molecule has 0 aliphatic carbocycles. The van der Waals surface area contributed by atoms with E-state index < -0.39 is 0 Å². The Morgan fingerprint density at radius 1 is 1.38 bits per heavy atom. The topological polar surface area (TPSA) is 60.1 Å². The maximum absolute atomic E-state index is 12.5. The Balaban J connectivity index is 1.44. The number of rotatable bonds is 3. The minimum atomic E-state index is 0.0123. The van der Waals surface area contributed by atoms with E-state index in [-0.39, 0.29) is 11.8 Å². The first-order chi connectivity index (χ1) is 11.6. The van der Waals surface area contributed by atoms with E-state index in [0.29, 0.717) is 6.54 Å². The lowest BCUT2D eigenvalue weighted by Crippen LogP contribution is -2.35. The van der Waals surface area contributed by atoms with Gasteiger partial charge in [0.15, 0.2) is 0 Å². The van der Waals surface area contributed by atoms with Crippen molar-refractivity contribution in [2.45, 2.75) is 39.8 Å². The smallest absolute Gasteiger partial charge is 0.223 e. The largest absolute Gasteiger partial charge is 0.459 e. The molecular weight excluding hydrogens is 302 g/mol. The molecule has 4 rings (SSSR count). The van der Waals surface area contributed by atoms with Crippen LogP contribution in [0.2, 0.25) is 0 Å². The van der Waals surface area contributed by atoms with Crippen LogP contribution in [0, 0.1) is 19.8 Å². The first-order valence-corrected chi connectivity index (χ1v) is 8.39. The Morgan fingerprint density at radius 3 is 3.04 bits per heavy atom. The molecule has 24 heavy (non-hydrogen) atoms. The maximum atomic E-state index is 12.5. The molecule has 0 fully saturated rings. The predicted molar refractivity (Wildman–Crippen MR) is 91.6 cm³/mol. The number of furan rings is 1. The summed E-state index contributed by atoms with van der Waals surface area (Å²) in [5.41, 5.74) is 3.12. The molecule has 3 heterocycles. The van der Waals surface area contributed by atoms with E-state index in [0.717, 1.165) is 53.2 Å². The van der Waals surface area contributed by atoms with Crippen molar-refractivity contribution < 1.29 is 9.21 Å². The van der Waals surface area contributed by atoms with Crippen LogP contribution in [0.3, 0.4) is 0 Å². The number of benzene rings is 1. The van der Waals surface area contributed by atoms with Crippen LogP contribution in [0.15, 0.2) is 34.9 Å². The van der Waals surface area contributed by atoms with Gasteiger partial charge in [-0.3, -0.25) is 4.79 Å². The Kier molecular flexibility index (Phi) is 3.63. The Labute approximate surface area is 140 Å². The highest BCUT2D eigenvalue weighted by Gasteiger charge is 2.26. The lowest BCUT2D eigenvalue weighted by atomic mass is 9.95. The van der Waals surface area contributed by atoms with E-state index >= 15 is 0 Å². The Morgan fingerprint density at radius 2 is 2.21 bits per heavy atom. The molecule has 0 spiro atoms. The van der Waals surface area contributed by atoms with E-state index in [2.05, 4.69) is 14.9 Å². The third-order valence-corrected chi connectivity index (χ3v) is 5.03. The lowest BCUT2D eigenvalue weighted by molar-refractivity contribution is -0.125. The van der Waals surface area contributed by atoms with Crippen LogP contribution < -0.4 is 5.32 Å². The number of carbonyl (C=O) groups excluding carboxylic acids is 1. The summed E-state index contributed by atoms with van der Waals surface area (Å²) in [6.45, 7) is 5.35. The fourth-order valence-corrected chi connectivity index (χ4v) is 3.55. The highest BCUT2D eigenvalue weighted by atomic mass is 16.3. The van der Waals surface area contributed by atoms with Crippen molar-refractivity contribution >= 4 is 16.9 Å². The quantitative estimate of drug-likeness (QED) is 0.805. The summed E-state index contributed by atoms with van der Waals surface area (Å²) < 4.78 is 8.07. The molecule has 1 aliphatic heterocycles. The van der Waals surface area contributed by atoms with Crippen LogP contribution in [0.1, 0.15) is 29.3 Å². The average Bonchev–Trinajstić information content (AvgIpc) is 3.13. The molecule has 0 radical (unpaired) electrons. The maximum Gasteiger partial charge on any atom is 0.223 e. The van der Waals surface area contributed by atoms with E-state index in [9.17, 15) is 4.79 Å². The molecular formula is C19H21N3O2. The standard InChI is InChI=1S/C19H21N3O2/c1-12-16-5-3-4-6-17(16)24-18(12)11-21-19(23)14-7-8-22-13(2)20-10-15(22)9-14/h3-6,10,14H,7-9,11H2,1-2H3,(H,21,23). The molecule has 0 saturated heterocycles. The van der Waals surface area contributed by atoms with Crippen molar-refractivity contribution in [2.24, 2.45) is 5.92 Å². The molecule has 5 heteroatoms. The number of amides is 1. The number of para-hydroxylation sites is 1. The van der Waals surface area contributed by atoms with Gasteiger partial charge in [0.2, 0.25) is 5.91 Å². The van der Waals surface area contributed by atoms with Gasteiger partial charge in [0.05, 0.1) is 6.54 Å². The minimum absolute atomic E-state index is 0.0123. The molecule has 124 valence electrons. The van der Waals surface area contributed by atoms with Crippen molar-refractivity contribution in [3.8, 4) is 0 Å². The summed E-state index contributed by atoms with van der Waals surface area (Å²) in [7, 11) is 0. The van der Waals surface area contributed by atoms with Gasteiger partial charge in [-0.05, 0) is 26.3 Å². The van der Waals surface area contributed by atoms with Gasteiger partial charge < -0.3 is 14.3 Å². The minimum Gasteiger partial charge on any atom is -0.459 e. The molecule has 1 aromatic carbocycles. The molecule has 1 unspecified atom stereocenters. The summed E-state index contributed by atoms with van der Waals surface area (Å²) in [4.78, 5) is 16.9. The summed E-state index contributed by atoms with van der Waals surface area (Å²) in [6.07, 6.45) is 3.50.